The second-order valence-corrected chi connectivity index (χ2v) is 4.97. The molecular weight excluding hydrogens is 242 g/mol. The maximum absolute atomic E-state index is 6.13. The normalized spacial score (nSPS) is 11.8. The average molecular weight is 264 g/mol. The molecule has 0 heterocycles. The molecule has 1 N–H and O–H groups in total. The molecule has 1 unspecified atom stereocenters. The van der Waals surface area contributed by atoms with Crippen LogP contribution < -0.4 is 5.32 Å². The quantitative estimate of drug-likeness (QED) is 0.746. The molecule has 1 aromatic carbocycles. The predicted octanol–water partition coefficient (Wildman–Crippen LogP) is 4.49. The Morgan fingerprint density at radius 2 is 2.11 bits per heavy atom. The minimum absolute atomic E-state index is 0.350. The molecule has 0 radical (unpaired) electrons. The highest BCUT2D eigenvalue weighted by Gasteiger charge is 2.10. The third-order valence-electron chi connectivity index (χ3n) is 2.84. The van der Waals surface area contributed by atoms with E-state index in [4.69, 9.17) is 11.6 Å². The number of hydrogen-bond acceptors (Lipinski definition) is 1. The number of aryl methyl sites for hydroxylation is 1. The fourth-order valence-electron chi connectivity index (χ4n) is 2.01. The Balaban J connectivity index is 2.81. The number of hydrogen-bond donors (Lipinski definition) is 1. The third-order valence-corrected chi connectivity index (χ3v) is 3.06. The van der Waals surface area contributed by atoms with Crippen molar-refractivity contribution in [3.63, 3.8) is 0 Å². The number of nitrogens with one attached hydrogen (secondary N) is 1. The first-order valence-corrected chi connectivity index (χ1v) is 6.95. The summed E-state index contributed by atoms with van der Waals surface area (Å²) < 4.78 is 0. The molecule has 0 aliphatic rings. The zero-order chi connectivity index (χ0) is 13.4. The van der Waals surface area contributed by atoms with Gasteiger partial charge in [-0.3, -0.25) is 0 Å². The Kier molecular flexibility index (Phi) is 6.86. The van der Waals surface area contributed by atoms with Gasteiger partial charge in [0.1, 0.15) is 0 Å². The van der Waals surface area contributed by atoms with Gasteiger partial charge in [-0.05, 0) is 56.5 Å². The van der Waals surface area contributed by atoms with Crippen LogP contribution in [0.1, 0.15) is 50.3 Å². The first-order valence-electron chi connectivity index (χ1n) is 6.57. The summed E-state index contributed by atoms with van der Waals surface area (Å²) in [5.74, 6) is 6.08. The van der Waals surface area contributed by atoms with Crippen LogP contribution in [0.5, 0.6) is 0 Å². The Morgan fingerprint density at radius 3 is 2.72 bits per heavy atom. The minimum atomic E-state index is 0.350. The van der Waals surface area contributed by atoms with Crippen molar-refractivity contribution in [1.82, 2.24) is 5.32 Å². The Bertz CT molecular complexity index is 408. The summed E-state index contributed by atoms with van der Waals surface area (Å²) in [6.07, 6.45) is 3.08. The number of rotatable bonds is 6. The zero-order valence-corrected chi connectivity index (χ0v) is 12.3. The van der Waals surface area contributed by atoms with Crippen molar-refractivity contribution in [3.05, 3.63) is 34.3 Å². The first-order chi connectivity index (χ1) is 8.67. The highest BCUT2D eigenvalue weighted by molar-refractivity contribution is 6.30. The van der Waals surface area contributed by atoms with Crippen LogP contribution in [0.4, 0.5) is 0 Å². The zero-order valence-electron chi connectivity index (χ0n) is 11.5. The second-order valence-electron chi connectivity index (χ2n) is 4.53. The van der Waals surface area contributed by atoms with Crippen LogP contribution in [-0.4, -0.2) is 6.54 Å². The van der Waals surface area contributed by atoms with E-state index in [-0.39, 0.29) is 0 Å². The molecule has 98 valence electrons. The van der Waals surface area contributed by atoms with Gasteiger partial charge in [-0.25, -0.2) is 0 Å². The summed E-state index contributed by atoms with van der Waals surface area (Å²) in [6, 6.07) is 6.61. The van der Waals surface area contributed by atoms with Crippen LogP contribution in [-0.2, 0) is 0 Å². The van der Waals surface area contributed by atoms with E-state index < -0.39 is 0 Å². The van der Waals surface area contributed by atoms with Crippen LogP contribution in [0.2, 0.25) is 5.02 Å². The van der Waals surface area contributed by atoms with Crippen molar-refractivity contribution in [2.24, 2.45) is 0 Å². The lowest BCUT2D eigenvalue weighted by Crippen LogP contribution is -2.22. The second kappa shape index (κ2) is 8.19. The van der Waals surface area contributed by atoms with E-state index in [0.29, 0.717) is 6.04 Å². The van der Waals surface area contributed by atoms with E-state index in [9.17, 15) is 0 Å². The monoisotopic (exact) mass is 263 g/mol. The van der Waals surface area contributed by atoms with Crippen LogP contribution in [0.25, 0.3) is 0 Å². The van der Waals surface area contributed by atoms with Gasteiger partial charge >= 0.3 is 0 Å². The summed E-state index contributed by atoms with van der Waals surface area (Å²) in [4.78, 5) is 0. The van der Waals surface area contributed by atoms with E-state index in [1.807, 2.05) is 13.0 Å². The molecule has 0 amide bonds. The van der Waals surface area contributed by atoms with Gasteiger partial charge in [0.25, 0.3) is 0 Å². The molecule has 2 heteroatoms. The van der Waals surface area contributed by atoms with Crippen LogP contribution in [0, 0.1) is 18.8 Å². The topological polar surface area (TPSA) is 12.0 Å². The van der Waals surface area contributed by atoms with E-state index >= 15 is 0 Å². The van der Waals surface area contributed by atoms with E-state index in [2.05, 4.69) is 43.1 Å². The molecule has 18 heavy (non-hydrogen) atoms. The minimum Gasteiger partial charge on any atom is -0.310 e. The SMILES string of the molecule is CC#CCCC(NCCC)c1cc(C)cc(Cl)c1. The number of benzene rings is 1. The van der Waals surface area contributed by atoms with Crippen molar-refractivity contribution in [2.75, 3.05) is 6.54 Å². The van der Waals surface area contributed by atoms with Gasteiger partial charge < -0.3 is 5.32 Å². The van der Waals surface area contributed by atoms with Gasteiger partial charge in [0.2, 0.25) is 0 Å². The molecule has 0 saturated heterocycles. The van der Waals surface area contributed by atoms with Crippen LogP contribution in [0.3, 0.4) is 0 Å². The molecule has 0 aromatic heterocycles. The maximum atomic E-state index is 6.13. The molecule has 1 atom stereocenters. The molecule has 1 nitrogen and oxygen atoms in total. The fourth-order valence-corrected chi connectivity index (χ4v) is 2.31. The largest absolute Gasteiger partial charge is 0.310 e. The molecule has 0 aliphatic carbocycles. The van der Waals surface area contributed by atoms with Gasteiger partial charge in [-0.15, -0.1) is 11.8 Å². The lowest BCUT2D eigenvalue weighted by molar-refractivity contribution is 0.505. The van der Waals surface area contributed by atoms with Crippen molar-refractivity contribution in [2.45, 2.75) is 46.1 Å². The maximum Gasteiger partial charge on any atom is 0.0411 e. The van der Waals surface area contributed by atoms with Gasteiger partial charge in [0.15, 0.2) is 0 Å². The molecular formula is C16H22ClN. The average Bonchev–Trinajstić information content (AvgIpc) is 2.32. The molecule has 1 aromatic rings. The van der Waals surface area contributed by atoms with Crippen LogP contribution in [0.15, 0.2) is 18.2 Å². The summed E-state index contributed by atoms with van der Waals surface area (Å²) in [5.41, 5.74) is 2.48. The van der Waals surface area contributed by atoms with E-state index in [1.165, 1.54) is 11.1 Å². The molecule has 1 rings (SSSR count). The van der Waals surface area contributed by atoms with Gasteiger partial charge in [0, 0.05) is 17.5 Å². The van der Waals surface area contributed by atoms with Gasteiger partial charge in [0.05, 0.1) is 0 Å². The number of halogens is 1. The standard InChI is InChI=1S/C16H22ClN/c1-4-6-7-8-16(18-9-5-2)14-10-13(3)11-15(17)12-14/h10-12,16,18H,5,7-9H2,1-3H3. The van der Waals surface area contributed by atoms with Crippen molar-refractivity contribution >= 4 is 11.6 Å². The molecule has 0 spiro atoms. The van der Waals surface area contributed by atoms with Gasteiger partial charge in [-0.1, -0.05) is 24.6 Å². The lowest BCUT2D eigenvalue weighted by atomic mass is 10.00. The summed E-state index contributed by atoms with van der Waals surface area (Å²) >= 11 is 6.13. The molecule has 0 aliphatic heterocycles. The predicted molar refractivity (Wildman–Crippen MR) is 79.9 cm³/mol. The summed E-state index contributed by atoms with van der Waals surface area (Å²) in [6.45, 7) is 7.17. The highest BCUT2D eigenvalue weighted by Crippen LogP contribution is 2.23. The van der Waals surface area contributed by atoms with Gasteiger partial charge in [-0.2, -0.15) is 0 Å². The van der Waals surface area contributed by atoms with E-state index in [1.54, 1.807) is 0 Å². The molecule has 0 fully saturated rings. The Hall–Kier alpha value is -0.970. The van der Waals surface area contributed by atoms with Crippen molar-refractivity contribution in [3.8, 4) is 11.8 Å². The third kappa shape index (κ3) is 5.12. The lowest BCUT2D eigenvalue weighted by Gasteiger charge is -2.19. The van der Waals surface area contributed by atoms with Crippen molar-refractivity contribution < 1.29 is 0 Å². The molecule has 0 bridgehead atoms. The summed E-state index contributed by atoms with van der Waals surface area (Å²) in [5, 5.41) is 4.39. The molecule has 0 saturated carbocycles. The fraction of sp³-hybridized carbons (Fsp3) is 0.500. The van der Waals surface area contributed by atoms with Crippen LogP contribution >= 0.6 is 11.6 Å². The summed E-state index contributed by atoms with van der Waals surface area (Å²) in [7, 11) is 0. The first kappa shape index (κ1) is 15.1. The Morgan fingerprint density at radius 1 is 1.33 bits per heavy atom. The van der Waals surface area contributed by atoms with E-state index in [0.717, 1.165) is 30.8 Å². The highest BCUT2D eigenvalue weighted by atomic mass is 35.5. The smallest absolute Gasteiger partial charge is 0.0411 e. The Labute approximate surface area is 116 Å². The van der Waals surface area contributed by atoms with Crippen molar-refractivity contribution in [1.29, 1.82) is 0 Å².